The molecule has 98 valence electrons. The summed E-state index contributed by atoms with van der Waals surface area (Å²) in [5, 5.41) is -0.435. The van der Waals surface area contributed by atoms with Crippen LogP contribution in [0.5, 0.6) is 0 Å². The molecule has 0 saturated carbocycles. The van der Waals surface area contributed by atoms with E-state index in [4.69, 9.17) is 11.6 Å². The highest BCUT2D eigenvalue weighted by atomic mass is 35.5. The molecule has 0 amide bonds. The number of halogens is 4. The number of carbonyl (C=O) groups is 1. The third-order valence-electron chi connectivity index (χ3n) is 2.46. The van der Waals surface area contributed by atoms with E-state index < -0.39 is 22.5 Å². The second-order valence-corrected chi connectivity index (χ2v) is 4.17. The maximum Gasteiger partial charge on any atom is 0.417 e. The number of rotatable bonds is 2. The van der Waals surface area contributed by atoms with Crippen LogP contribution < -0.4 is 0 Å². The highest BCUT2D eigenvalue weighted by Crippen LogP contribution is 2.35. The van der Waals surface area contributed by atoms with E-state index in [0.29, 0.717) is 0 Å². The zero-order valence-electron chi connectivity index (χ0n) is 9.41. The van der Waals surface area contributed by atoms with Gasteiger partial charge >= 0.3 is 6.18 Å². The van der Waals surface area contributed by atoms with Crippen LogP contribution in [0.15, 0.2) is 42.7 Å². The van der Waals surface area contributed by atoms with Crippen LogP contribution in [-0.4, -0.2) is 10.8 Å². The van der Waals surface area contributed by atoms with Gasteiger partial charge in [-0.2, -0.15) is 13.2 Å². The molecular weight excluding hydrogens is 279 g/mol. The van der Waals surface area contributed by atoms with Gasteiger partial charge in [-0.05, 0) is 30.3 Å². The molecule has 0 aliphatic rings. The number of hydrogen-bond acceptors (Lipinski definition) is 2. The summed E-state index contributed by atoms with van der Waals surface area (Å²) in [7, 11) is 0. The first kappa shape index (κ1) is 13.5. The number of ketones is 1. The largest absolute Gasteiger partial charge is 0.417 e. The Labute approximate surface area is 111 Å². The third kappa shape index (κ3) is 2.93. The molecule has 0 N–H and O–H groups in total. The van der Waals surface area contributed by atoms with Gasteiger partial charge in [-0.3, -0.25) is 9.78 Å². The average molecular weight is 286 g/mol. The molecule has 1 aromatic heterocycles. The summed E-state index contributed by atoms with van der Waals surface area (Å²) in [5.74, 6) is -0.532. The van der Waals surface area contributed by atoms with Crippen molar-refractivity contribution in [1.82, 2.24) is 4.98 Å². The van der Waals surface area contributed by atoms with E-state index in [1.165, 1.54) is 30.6 Å². The van der Waals surface area contributed by atoms with Gasteiger partial charge < -0.3 is 0 Å². The Morgan fingerprint density at radius 1 is 1.16 bits per heavy atom. The second kappa shape index (κ2) is 5.01. The fourth-order valence-corrected chi connectivity index (χ4v) is 1.77. The van der Waals surface area contributed by atoms with Crippen LogP contribution in [0.25, 0.3) is 0 Å². The molecule has 0 atom stereocenters. The van der Waals surface area contributed by atoms with Crippen LogP contribution in [0.3, 0.4) is 0 Å². The van der Waals surface area contributed by atoms with Gasteiger partial charge in [0.05, 0.1) is 10.6 Å². The zero-order valence-corrected chi connectivity index (χ0v) is 10.2. The minimum atomic E-state index is -4.59. The van der Waals surface area contributed by atoms with Crippen molar-refractivity contribution in [2.45, 2.75) is 6.18 Å². The fraction of sp³-hybridized carbons (Fsp3) is 0.0769. The van der Waals surface area contributed by atoms with Crippen LogP contribution in [-0.2, 0) is 6.18 Å². The summed E-state index contributed by atoms with van der Waals surface area (Å²) in [6, 6.07) is 6.09. The van der Waals surface area contributed by atoms with Gasteiger partial charge in [-0.15, -0.1) is 0 Å². The molecular formula is C13H7ClF3NO. The van der Waals surface area contributed by atoms with Crippen LogP contribution in [0.2, 0.25) is 5.02 Å². The van der Waals surface area contributed by atoms with Gasteiger partial charge in [0.15, 0.2) is 5.78 Å². The third-order valence-corrected chi connectivity index (χ3v) is 2.79. The molecule has 6 heteroatoms. The summed E-state index contributed by atoms with van der Waals surface area (Å²) < 4.78 is 38.1. The predicted molar refractivity (Wildman–Crippen MR) is 64.1 cm³/mol. The highest BCUT2D eigenvalue weighted by Gasteiger charge is 2.33. The fourth-order valence-electron chi connectivity index (χ4n) is 1.55. The van der Waals surface area contributed by atoms with Crippen molar-refractivity contribution >= 4 is 17.4 Å². The molecule has 2 nitrogen and oxygen atoms in total. The number of carbonyl (C=O) groups excluding carboxylic acids is 1. The van der Waals surface area contributed by atoms with E-state index in [2.05, 4.69) is 4.98 Å². The Morgan fingerprint density at radius 2 is 1.89 bits per heavy atom. The molecule has 0 aliphatic heterocycles. The Bertz CT molecular complexity index is 611. The zero-order chi connectivity index (χ0) is 14.0. The molecule has 1 heterocycles. The number of benzene rings is 1. The van der Waals surface area contributed by atoms with Crippen molar-refractivity contribution in [3.63, 3.8) is 0 Å². The van der Waals surface area contributed by atoms with Gasteiger partial charge in [0.1, 0.15) is 0 Å². The Balaban J connectivity index is 2.45. The summed E-state index contributed by atoms with van der Waals surface area (Å²) in [6.45, 7) is 0. The molecule has 19 heavy (non-hydrogen) atoms. The lowest BCUT2D eigenvalue weighted by Gasteiger charge is -2.10. The molecule has 0 radical (unpaired) electrons. The quantitative estimate of drug-likeness (QED) is 0.781. The van der Waals surface area contributed by atoms with E-state index in [9.17, 15) is 18.0 Å². The van der Waals surface area contributed by atoms with E-state index >= 15 is 0 Å². The lowest BCUT2D eigenvalue weighted by Crippen LogP contribution is -2.09. The van der Waals surface area contributed by atoms with Crippen LogP contribution >= 0.6 is 11.6 Å². The van der Waals surface area contributed by atoms with Crippen LogP contribution in [0.4, 0.5) is 13.2 Å². The van der Waals surface area contributed by atoms with Gasteiger partial charge in [-0.1, -0.05) is 11.6 Å². The molecule has 0 aliphatic carbocycles. The molecule has 0 bridgehead atoms. The average Bonchev–Trinajstić information content (AvgIpc) is 2.38. The van der Waals surface area contributed by atoms with Crippen molar-refractivity contribution in [3.8, 4) is 0 Å². The highest BCUT2D eigenvalue weighted by molar-refractivity contribution is 6.31. The minimum Gasteiger partial charge on any atom is -0.289 e. The lowest BCUT2D eigenvalue weighted by atomic mass is 10.0. The lowest BCUT2D eigenvalue weighted by molar-refractivity contribution is -0.137. The number of pyridine rings is 1. The minimum absolute atomic E-state index is 0.0790. The molecule has 0 fully saturated rings. The second-order valence-electron chi connectivity index (χ2n) is 3.76. The Morgan fingerprint density at radius 3 is 2.47 bits per heavy atom. The van der Waals surface area contributed by atoms with Crippen molar-refractivity contribution < 1.29 is 18.0 Å². The standard InChI is InChI=1S/C13H7ClF3NO/c14-11-4-3-8(6-10(11)13(15,16)17)12(19)9-2-1-5-18-7-9/h1-7H. The van der Waals surface area contributed by atoms with Crippen molar-refractivity contribution in [2.75, 3.05) is 0 Å². The molecule has 2 rings (SSSR count). The van der Waals surface area contributed by atoms with E-state index in [1.807, 2.05) is 0 Å². The number of aromatic nitrogens is 1. The SMILES string of the molecule is O=C(c1cccnc1)c1ccc(Cl)c(C(F)(F)F)c1. The van der Waals surface area contributed by atoms with Crippen LogP contribution in [0.1, 0.15) is 21.5 Å². The molecule has 1 aromatic carbocycles. The smallest absolute Gasteiger partial charge is 0.289 e. The normalized spacial score (nSPS) is 11.4. The van der Waals surface area contributed by atoms with E-state index in [1.54, 1.807) is 0 Å². The first-order chi connectivity index (χ1) is 8.89. The van der Waals surface area contributed by atoms with Gasteiger partial charge in [0.2, 0.25) is 0 Å². The van der Waals surface area contributed by atoms with Crippen LogP contribution in [0, 0.1) is 0 Å². The number of nitrogens with zero attached hydrogens (tertiary/aromatic N) is 1. The maximum absolute atomic E-state index is 12.7. The maximum atomic E-state index is 12.7. The van der Waals surface area contributed by atoms with Gasteiger partial charge in [0.25, 0.3) is 0 Å². The summed E-state index contributed by atoms with van der Waals surface area (Å²) in [5.41, 5.74) is -0.883. The van der Waals surface area contributed by atoms with E-state index in [-0.39, 0.29) is 11.1 Å². The predicted octanol–water partition coefficient (Wildman–Crippen LogP) is 3.98. The van der Waals surface area contributed by atoms with Crippen molar-refractivity contribution in [1.29, 1.82) is 0 Å². The number of hydrogen-bond donors (Lipinski definition) is 0. The van der Waals surface area contributed by atoms with E-state index in [0.717, 1.165) is 12.1 Å². The molecule has 0 saturated heterocycles. The monoisotopic (exact) mass is 285 g/mol. The summed E-state index contributed by atoms with van der Waals surface area (Å²) in [4.78, 5) is 15.7. The first-order valence-electron chi connectivity index (χ1n) is 5.21. The van der Waals surface area contributed by atoms with Gasteiger partial charge in [0, 0.05) is 23.5 Å². The Hall–Kier alpha value is -1.88. The topological polar surface area (TPSA) is 30.0 Å². The molecule has 0 spiro atoms. The number of alkyl halides is 3. The molecule has 2 aromatic rings. The van der Waals surface area contributed by atoms with Gasteiger partial charge in [-0.25, -0.2) is 0 Å². The Kier molecular flexibility index (Phi) is 3.57. The van der Waals surface area contributed by atoms with Crippen molar-refractivity contribution in [3.05, 3.63) is 64.4 Å². The first-order valence-corrected chi connectivity index (χ1v) is 5.59. The summed E-state index contributed by atoms with van der Waals surface area (Å²) in [6.07, 6.45) is -1.83. The molecule has 0 unspecified atom stereocenters. The summed E-state index contributed by atoms with van der Waals surface area (Å²) >= 11 is 5.49. The van der Waals surface area contributed by atoms with Crippen molar-refractivity contribution in [2.24, 2.45) is 0 Å².